The van der Waals surface area contributed by atoms with Crippen molar-refractivity contribution in [2.24, 2.45) is 0 Å². The molecule has 1 aliphatic carbocycles. The van der Waals surface area contributed by atoms with Gasteiger partial charge in [0.25, 0.3) is 10.2 Å². The zero-order chi connectivity index (χ0) is 14.0. The van der Waals surface area contributed by atoms with Crippen LogP contribution in [0.3, 0.4) is 0 Å². The lowest BCUT2D eigenvalue weighted by molar-refractivity contribution is 0.224. The molecular weight excluding hydrogens is 298 g/mol. The van der Waals surface area contributed by atoms with Crippen molar-refractivity contribution in [3.63, 3.8) is 0 Å². The van der Waals surface area contributed by atoms with Gasteiger partial charge in [-0.1, -0.05) is 19.3 Å². The average molecular weight is 326 g/mol. The molecule has 1 aliphatic heterocycles. The third kappa shape index (κ3) is 4.07. The highest BCUT2D eigenvalue weighted by molar-refractivity contribution is 7.86. The van der Waals surface area contributed by atoms with Crippen LogP contribution in [0.25, 0.3) is 0 Å². The van der Waals surface area contributed by atoms with Gasteiger partial charge < -0.3 is 5.32 Å². The van der Waals surface area contributed by atoms with Crippen LogP contribution in [-0.2, 0) is 10.2 Å². The molecule has 1 saturated carbocycles. The van der Waals surface area contributed by atoms with Gasteiger partial charge in [-0.25, -0.2) is 0 Å². The number of piperazine rings is 1. The summed E-state index contributed by atoms with van der Waals surface area (Å²) in [6.07, 6.45) is 5.56. The van der Waals surface area contributed by atoms with E-state index in [1.54, 1.807) is 15.7 Å². The van der Waals surface area contributed by atoms with E-state index in [1.165, 1.54) is 6.42 Å². The second kappa shape index (κ2) is 7.40. The van der Waals surface area contributed by atoms with Gasteiger partial charge >= 0.3 is 0 Å². The summed E-state index contributed by atoms with van der Waals surface area (Å²) in [6, 6.07) is 0.635. The number of hydrogen-bond donors (Lipinski definition) is 1. The Morgan fingerprint density at radius 3 is 2.05 bits per heavy atom. The fourth-order valence-electron chi connectivity index (χ4n) is 3.28. The van der Waals surface area contributed by atoms with Crippen molar-refractivity contribution in [3.05, 3.63) is 0 Å². The summed E-state index contributed by atoms with van der Waals surface area (Å²) in [5.41, 5.74) is 0. The molecule has 2 aliphatic rings. The van der Waals surface area contributed by atoms with Crippen LogP contribution < -0.4 is 5.32 Å². The molecule has 2 fully saturated rings. The fourth-order valence-corrected chi connectivity index (χ4v) is 5.06. The van der Waals surface area contributed by atoms with Crippen molar-refractivity contribution in [2.45, 2.75) is 64.1 Å². The lowest BCUT2D eigenvalue weighted by Gasteiger charge is -2.39. The van der Waals surface area contributed by atoms with E-state index in [1.807, 2.05) is 13.8 Å². The molecule has 0 aromatic heterocycles. The van der Waals surface area contributed by atoms with Crippen LogP contribution >= 0.6 is 12.4 Å². The molecule has 20 heavy (non-hydrogen) atoms. The maximum atomic E-state index is 12.7. The van der Waals surface area contributed by atoms with Crippen LogP contribution in [0.4, 0.5) is 0 Å². The molecule has 0 radical (unpaired) electrons. The molecular formula is C13H28ClN3O2S. The van der Waals surface area contributed by atoms with Gasteiger partial charge in [-0.2, -0.15) is 17.0 Å². The Balaban J connectivity index is 0.00000200. The molecule has 0 bridgehead atoms. The predicted octanol–water partition coefficient (Wildman–Crippen LogP) is 1.60. The summed E-state index contributed by atoms with van der Waals surface area (Å²) in [6.45, 7) is 5.23. The summed E-state index contributed by atoms with van der Waals surface area (Å²) in [5.74, 6) is 0. The topological polar surface area (TPSA) is 52.7 Å². The third-order valence-corrected chi connectivity index (χ3v) is 6.28. The fraction of sp³-hybridized carbons (Fsp3) is 1.00. The maximum Gasteiger partial charge on any atom is 0.282 e. The van der Waals surface area contributed by atoms with E-state index in [9.17, 15) is 8.42 Å². The Morgan fingerprint density at radius 1 is 1.05 bits per heavy atom. The molecule has 0 aromatic carbocycles. The highest BCUT2D eigenvalue weighted by Gasteiger charge is 2.36. The zero-order valence-electron chi connectivity index (χ0n) is 12.7. The molecule has 2 rings (SSSR count). The molecule has 7 heteroatoms. The molecule has 0 aromatic rings. The first-order chi connectivity index (χ1) is 8.91. The van der Waals surface area contributed by atoms with Gasteiger partial charge in [-0.05, 0) is 26.7 Å². The van der Waals surface area contributed by atoms with Gasteiger partial charge in [0.1, 0.15) is 0 Å². The maximum absolute atomic E-state index is 12.7. The smallest absolute Gasteiger partial charge is 0.282 e. The minimum atomic E-state index is -3.30. The van der Waals surface area contributed by atoms with Crippen LogP contribution in [-0.4, -0.2) is 55.3 Å². The highest BCUT2D eigenvalue weighted by Crippen LogP contribution is 2.25. The molecule has 1 saturated heterocycles. The van der Waals surface area contributed by atoms with E-state index in [0.717, 1.165) is 25.7 Å². The largest absolute Gasteiger partial charge is 0.309 e. The van der Waals surface area contributed by atoms with Crippen molar-refractivity contribution in [2.75, 3.05) is 20.1 Å². The molecule has 1 heterocycles. The Morgan fingerprint density at radius 2 is 1.55 bits per heavy atom. The Bertz CT molecular complexity index is 388. The molecule has 2 atom stereocenters. The van der Waals surface area contributed by atoms with E-state index in [4.69, 9.17) is 0 Å². The quantitative estimate of drug-likeness (QED) is 0.857. The molecule has 0 spiro atoms. The van der Waals surface area contributed by atoms with Crippen LogP contribution in [0.1, 0.15) is 46.0 Å². The Labute approximate surface area is 129 Å². The van der Waals surface area contributed by atoms with Gasteiger partial charge in [0, 0.05) is 38.3 Å². The summed E-state index contributed by atoms with van der Waals surface area (Å²) in [7, 11) is -1.55. The Kier molecular flexibility index (Phi) is 6.73. The van der Waals surface area contributed by atoms with Gasteiger partial charge in [0.15, 0.2) is 0 Å². The number of nitrogens with zero attached hydrogens (tertiary/aromatic N) is 2. The van der Waals surface area contributed by atoms with Crippen LogP contribution in [0.2, 0.25) is 0 Å². The summed E-state index contributed by atoms with van der Waals surface area (Å²) in [5, 5.41) is 3.38. The number of nitrogens with one attached hydrogen (secondary N) is 1. The normalized spacial score (nSPS) is 30.2. The van der Waals surface area contributed by atoms with E-state index in [-0.39, 0.29) is 30.5 Å². The van der Waals surface area contributed by atoms with Gasteiger partial charge in [-0.15, -0.1) is 12.4 Å². The zero-order valence-corrected chi connectivity index (χ0v) is 14.3. The van der Waals surface area contributed by atoms with Crippen molar-refractivity contribution in [1.29, 1.82) is 0 Å². The van der Waals surface area contributed by atoms with Crippen molar-refractivity contribution in [1.82, 2.24) is 13.9 Å². The van der Waals surface area contributed by atoms with Crippen LogP contribution in [0.15, 0.2) is 0 Å². The molecule has 2 unspecified atom stereocenters. The van der Waals surface area contributed by atoms with Crippen molar-refractivity contribution < 1.29 is 8.42 Å². The first kappa shape index (κ1) is 18.2. The SMILES string of the molecule is CC1CN(S(=O)(=O)N(C)C2CCCCC2)CC(C)N1.Cl. The van der Waals surface area contributed by atoms with Gasteiger partial charge in [0.2, 0.25) is 0 Å². The molecule has 5 nitrogen and oxygen atoms in total. The monoisotopic (exact) mass is 325 g/mol. The minimum Gasteiger partial charge on any atom is -0.309 e. The van der Waals surface area contributed by atoms with Crippen LogP contribution in [0, 0.1) is 0 Å². The minimum absolute atomic E-state index is 0. The summed E-state index contributed by atoms with van der Waals surface area (Å²) < 4.78 is 28.7. The molecule has 0 amide bonds. The lowest BCUT2D eigenvalue weighted by Crippen LogP contribution is -2.59. The second-order valence-corrected chi connectivity index (χ2v) is 8.09. The second-order valence-electron chi connectivity index (χ2n) is 6.10. The van der Waals surface area contributed by atoms with Crippen molar-refractivity contribution in [3.8, 4) is 0 Å². The van der Waals surface area contributed by atoms with Gasteiger partial charge in [-0.3, -0.25) is 0 Å². The number of hydrogen-bond acceptors (Lipinski definition) is 3. The lowest BCUT2D eigenvalue weighted by atomic mass is 9.96. The third-order valence-electron chi connectivity index (χ3n) is 4.30. The standard InChI is InChI=1S/C13H27N3O2S.ClH/c1-11-9-16(10-12(2)14-11)19(17,18)15(3)13-7-5-4-6-8-13;/h11-14H,4-10H2,1-3H3;1H. The van der Waals surface area contributed by atoms with Crippen LogP contribution in [0.5, 0.6) is 0 Å². The van der Waals surface area contributed by atoms with E-state index < -0.39 is 10.2 Å². The predicted molar refractivity (Wildman–Crippen MR) is 84.4 cm³/mol. The van der Waals surface area contributed by atoms with E-state index >= 15 is 0 Å². The molecule has 1 N–H and O–H groups in total. The number of rotatable bonds is 3. The highest BCUT2D eigenvalue weighted by atomic mass is 35.5. The van der Waals surface area contributed by atoms with E-state index in [0.29, 0.717) is 13.1 Å². The molecule has 120 valence electrons. The summed E-state index contributed by atoms with van der Waals surface area (Å²) in [4.78, 5) is 0. The van der Waals surface area contributed by atoms with Gasteiger partial charge in [0.05, 0.1) is 0 Å². The summed E-state index contributed by atoms with van der Waals surface area (Å²) >= 11 is 0. The van der Waals surface area contributed by atoms with Crippen molar-refractivity contribution >= 4 is 22.6 Å². The number of halogens is 1. The van der Waals surface area contributed by atoms with E-state index in [2.05, 4.69) is 5.32 Å². The first-order valence-corrected chi connectivity index (χ1v) is 8.80. The Hall–Kier alpha value is 0.120. The first-order valence-electron chi connectivity index (χ1n) is 7.40. The average Bonchev–Trinajstić information content (AvgIpc) is 2.37.